The highest BCUT2D eigenvalue weighted by molar-refractivity contribution is 5.88. The van der Waals surface area contributed by atoms with E-state index in [4.69, 9.17) is 11.0 Å². The Morgan fingerprint density at radius 2 is 1.86 bits per heavy atom. The molecule has 1 spiro atoms. The summed E-state index contributed by atoms with van der Waals surface area (Å²) in [5.74, 6) is -1.39. The number of carbonyl (C=O) groups excluding carboxylic acids is 2. The van der Waals surface area contributed by atoms with Crippen molar-refractivity contribution in [3.05, 3.63) is 65.0 Å². The number of hydrogen-bond acceptors (Lipinski definition) is 4. The Bertz CT molecular complexity index is 1180. The summed E-state index contributed by atoms with van der Waals surface area (Å²) >= 11 is 0. The second-order valence-electron chi connectivity index (χ2n) is 9.28. The molecule has 184 valence electrons. The minimum absolute atomic E-state index is 0.0603. The molecular weight excluding hydrogens is 464 g/mol. The van der Waals surface area contributed by atoms with Gasteiger partial charge in [-0.1, -0.05) is 12.1 Å². The summed E-state index contributed by atoms with van der Waals surface area (Å²) in [7, 11) is 0. The van der Waals surface area contributed by atoms with Gasteiger partial charge in [0.05, 0.1) is 23.6 Å². The molecule has 2 aliphatic heterocycles. The van der Waals surface area contributed by atoms with Crippen LogP contribution in [0.25, 0.3) is 0 Å². The zero-order chi connectivity index (χ0) is 25.4. The summed E-state index contributed by atoms with van der Waals surface area (Å²) in [6, 6.07) is 10.2. The molecule has 2 amide bonds. The first-order valence-electron chi connectivity index (χ1n) is 11.2. The van der Waals surface area contributed by atoms with Crippen molar-refractivity contribution in [3.63, 3.8) is 0 Å². The zero-order valence-electron chi connectivity index (χ0n) is 18.8. The van der Waals surface area contributed by atoms with E-state index < -0.39 is 35.1 Å². The second-order valence-corrected chi connectivity index (χ2v) is 9.28. The van der Waals surface area contributed by atoms with Crippen molar-refractivity contribution in [2.75, 3.05) is 24.5 Å². The number of halogens is 4. The molecule has 35 heavy (non-hydrogen) atoms. The van der Waals surface area contributed by atoms with E-state index in [0.29, 0.717) is 50.1 Å². The van der Waals surface area contributed by atoms with Gasteiger partial charge in [-0.2, -0.15) is 18.4 Å². The van der Waals surface area contributed by atoms with Gasteiger partial charge in [0.25, 0.3) is 0 Å². The lowest BCUT2D eigenvalue weighted by atomic mass is 9.76. The van der Waals surface area contributed by atoms with Crippen LogP contribution in [0.4, 0.5) is 23.2 Å². The summed E-state index contributed by atoms with van der Waals surface area (Å²) in [6.45, 7) is 1.17. The van der Waals surface area contributed by atoms with E-state index in [9.17, 15) is 27.2 Å². The number of anilines is 1. The first kappa shape index (κ1) is 24.5. The number of benzene rings is 2. The van der Waals surface area contributed by atoms with E-state index in [2.05, 4.69) is 0 Å². The number of nitriles is 1. The number of amides is 2. The molecule has 2 aromatic rings. The molecule has 2 aliphatic rings. The van der Waals surface area contributed by atoms with Crippen molar-refractivity contribution in [2.45, 2.75) is 37.9 Å². The molecule has 2 heterocycles. The van der Waals surface area contributed by atoms with E-state index in [1.807, 2.05) is 4.90 Å². The van der Waals surface area contributed by atoms with Crippen LogP contribution >= 0.6 is 0 Å². The Kier molecular flexibility index (Phi) is 6.45. The van der Waals surface area contributed by atoms with Crippen LogP contribution in [0.2, 0.25) is 0 Å². The SMILES string of the molecule is N#Cc1ccc(N2CCC3(CC2)CC(C(N)=O)N(C(=O)Cc2cccc(F)c2)C3)cc1C(F)(F)F. The van der Waals surface area contributed by atoms with Crippen LogP contribution in [0.1, 0.15) is 36.0 Å². The van der Waals surface area contributed by atoms with Gasteiger partial charge in [-0.05, 0) is 60.6 Å². The average Bonchev–Trinajstić information content (AvgIpc) is 3.18. The number of carbonyl (C=O) groups is 2. The Morgan fingerprint density at radius 3 is 2.46 bits per heavy atom. The molecule has 4 rings (SSSR count). The van der Waals surface area contributed by atoms with Gasteiger partial charge in [0.15, 0.2) is 0 Å². The van der Waals surface area contributed by atoms with E-state index in [1.54, 1.807) is 12.1 Å². The third-order valence-electron chi connectivity index (χ3n) is 7.02. The molecule has 0 aromatic heterocycles. The lowest BCUT2D eigenvalue weighted by Crippen LogP contribution is -2.45. The van der Waals surface area contributed by atoms with Crippen molar-refractivity contribution >= 4 is 17.5 Å². The molecule has 1 atom stereocenters. The van der Waals surface area contributed by atoms with Crippen LogP contribution in [0.5, 0.6) is 0 Å². The zero-order valence-corrected chi connectivity index (χ0v) is 18.8. The maximum absolute atomic E-state index is 13.5. The van der Waals surface area contributed by atoms with Gasteiger partial charge >= 0.3 is 6.18 Å². The van der Waals surface area contributed by atoms with Crippen molar-refractivity contribution in [1.82, 2.24) is 4.90 Å². The standard InChI is InChI=1S/C25H24F4N4O2/c26-18-3-1-2-16(10-18)11-22(34)33-15-24(13-21(33)23(31)35)6-8-32(9-7-24)19-5-4-17(14-30)20(12-19)25(27,28)29/h1-5,10,12,21H,6-9,11,13,15H2,(H2,31,35). The summed E-state index contributed by atoms with van der Waals surface area (Å²) in [5, 5.41) is 9.02. The highest BCUT2D eigenvalue weighted by Gasteiger charge is 2.49. The molecule has 1 unspecified atom stereocenters. The maximum Gasteiger partial charge on any atom is 0.417 e. The van der Waals surface area contributed by atoms with E-state index in [0.717, 1.165) is 6.07 Å². The van der Waals surface area contributed by atoms with E-state index in [1.165, 1.54) is 35.2 Å². The number of alkyl halides is 3. The molecule has 2 saturated heterocycles. The smallest absolute Gasteiger partial charge is 0.371 e. The molecular formula is C25H24F4N4O2. The lowest BCUT2D eigenvalue weighted by molar-refractivity contribution is -0.137. The number of likely N-dealkylation sites (tertiary alicyclic amines) is 1. The number of nitrogens with zero attached hydrogens (tertiary/aromatic N) is 3. The summed E-state index contributed by atoms with van der Waals surface area (Å²) in [5.41, 5.74) is 4.69. The maximum atomic E-state index is 13.5. The highest BCUT2D eigenvalue weighted by Crippen LogP contribution is 2.45. The van der Waals surface area contributed by atoms with Gasteiger partial charge in [-0.15, -0.1) is 0 Å². The molecule has 2 fully saturated rings. The molecule has 10 heteroatoms. The van der Waals surface area contributed by atoms with Crippen molar-refractivity contribution in [3.8, 4) is 6.07 Å². The summed E-state index contributed by atoms with van der Waals surface area (Å²) < 4.78 is 53.6. The molecule has 6 nitrogen and oxygen atoms in total. The second kappa shape index (κ2) is 9.21. The van der Waals surface area contributed by atoms with Gasteiger partial charge < -0.3 is 15.5 Å². The lowest BCUT2D eigenvalue weighted by Gasteiger charge is -2.40. The Hall–Kier alpha value is -3.61. The first-order valence-corrected chi connectivity index (χ1v) is 11.2. The van der Waals surface area contributed by atoms with Gasteiger partial charge in [-0.3, -0.25) is 9.59 Å². The fraction of sp³-hybridized carbons (Fsp3) is 0.400. The van der Waals surface area contributed by atoms with Crippen LogP contribution in [-0.2, 0) is 22.2 Å². The fourth-order valence-corrected chi connectivity index (χ4v) is 5.16. The van der Waals surface area contributed by atoms with Crippen LogP contribution in [-0.4, -0.2) is 42.4 Å². The van der Waals surface area contributed by atoms with Crippen molar-refractivity contribution < 1.29 is 27.2 Å². The molecule has 0 aliphatic carbocycles. The predicted molar refractivity (Wildman–Crippen MR) is 119 cm³/mol. The molecule has 0 saturated carbocycles. The largest absolute Gasteiger partial charge is 0.417 e. The van der Waals surface area contributed by atoms with Crippen LogP contribution in [0.3, 0.4) is 0 Å². The molecule has 2 aromatic carbocycles. The number of hydrogen-bond donors (Lipinski definition) is 1. The third-order valence-corrected chi connectivity index (χ3v) is 7.02. The normalized spacial score (nSPS) is 19.6. The highest BCUT2D eigenvalue weighted by atomic mass is 19.4. The first-order chi connectivity index (χ1) is 16.5. The minimum Gasteiger partial charge on any atom is -0.371 e. The van der Waals surface area contributed by atoms with Crippen molar-refractivity contribution in [1.29, 1.82) is 5.26 Å². The third kappa shape index (κ3) is 5.09. The summed E-state index contributed by atoms with van der Waals surface area (Å²) in [4.78, 5) is 28.4. The van der Waals surface area contributed by atoms with Crippen LogP contribution in [0, 0.1) is 22.6 Å². The topological polar surface area (TPSA) is 90.4 Å². The Balaban J connectivity index is 1.48. The molecule has 0 radical (unpaired) electrons. The fourth-order valence-electron chi connectivity index (χ4n) is 5.16. The number of nitrogens with two attached hydrogens (primary N) is 1. The van der Waals surface area contributed by atoms with Gasteiger partial charge in [0.1, 0.15) is 11.9 Å². The van der Waals surface area contributed by atoms with Crippen LogP contribution < -0.4 is 10.6 Å². The van der Waals surface area contributed by atoms with E-state index >= 15 is 0 Å². The number of rotatable bonds is 4. The number of primary amides is 1. The molecule has 2 N–H and O–H groups in total. The van der Waals surface area contributed by atoms with E-state index in [-0.39, 0.29) is 17.7 Å². The van der Waals surface area contributed by atoms with Gasteiger partial charge in [0, 0.05) is 25.3 Å². The summed E-state index contributed by atoms with van der Waals surface area (Å²) in [6.07, 6.45) is -3.20. The molecule has 0 bridgehead atoms. The predicted octanol–water partition coefficient (Wildman–Crippen LogP) is 3.63. The van der Waals surface area contributed by atoms with Gasteiger partial charge in [-0.25, -0.2) is 4.39 Å². The van der Waals surface area contributed by atoms with Crippen LogP contribution in [0.15, 0.2) is 42.5 Å². The quantitative estimate of drug-likeness (QED) is 0.666. The monoisotopic (exact) mass is 488 g/mol. The Morgan fingerprint density at radius 1 is 1.14 bits per heavy atom. The average molecular weight is 488 g/mol. The minimum atomic E-state index is -4.64. The number of piperidine rings is 1. The van der Waals surface area contributed by atoms with Crippen molar-refractivity contribution in [2.24, 2.45) is 11.1 Å². The van der Waals surface area contributed by atoms with Gasteiger partial charge in [0.2, 0.25) is 11.8 Å². The Labute approximate surface area is 199 Å².